The number of aromatic nitrogens is 2. The lowest BCUT2D eigenvalue weighted by molar-refractivity contribution is 0.0678. The Morgan fingerprint density at radius 2 is 2.05 bits per heavy atom. The summed E-state index contributed by atoms with van der Waals surface area (Å²) in [5.74, 6) is 0.799. The highest BCUT2D eigenvalue weighted by molar-refractivity contribution is 7.17. The molecule has 1 saturated carbocycles. The molecule has 1 fully saturated rings. The number of hydrogen-bond acceptors (Lipinski definition) is 5. The summed E-state index contributed by atoms with van der Waals surface area (Å²) < 4.78 is 0. The maximum absolute atomic E-state index is 12.4. The molecule has 112 valence electrons. The number of rotatable bonds is 5. The number of nitrogens with one attached hydrogen (secondary N) is 1. The molecule has 1 aromatic rings. The van der Waals surface area contributed by atoms with Crippen molar-refractivity contribution >= 4 is 22.4 Å². The molecule has 6 heteroatoms. The van der Waals surface area contributed by atoms with Gasteiger partial charge in [0.2, 0.25) is 10.1 Å². The lowest BCUT2D eigenvalue weighted by Crippen LogP contribution is -2.39. The third kappa shape index (κ3) is 3.69. The average Bonchev–Trinajstić information content (AvgIpc) is 2.93. The normalized spacial score (nSPS) is 22.6. The minimum atomic E-state index is 0.00611. The summed E-state index contributed by atoms with van der Waals surface area (Å²) in [7, 11) is 1.89. The molecule has 0 atom stereocenters. The highest BCUT2D eigenvalue weighted by Crippen LogP contribution is 2.27. The third-order valence-electron chi connectivity index (χ3n) is 3.99. The molecule has 0 spiro atoms. The summed E-state index contributed by atoms with van der Waals surface area (Å²) in [4.78, 5) is 14.3. The second kappa shape index (κ2) is 7.02. The maximum atomic E-state index is 12.4. The highest BCUT2D eigenvalue weighted by Gasteiger charge is 2.27. The Bertz CT molecular complexity index is 440. The van der Waals surface area contributed by atoms with Crippen LogP contribution < -0.4 is 5.32 Å². The SMILES string of the molecule is CCCNc1nnc(C(=O)N(C)C2CCC(C)CC2)s1. The van der Waals surface area contributed by atoms with Crippen LogP contribution in [-0.4, -0.2) is 40.6 Å². The smallest absolute Gasteiger partial charge is 0.284 e. The molecule has 0 aliphatic heterocycles. The topological polar surface area (TPSA) is 58.1 Å². The van der Waals surface area contributed by atoms with Crippen LogP contribution in [0, 0.1) is 5.92 Å². The minimum Gasteiger partial charge on any atom is -0.360 e. The molecule has 20 heavy (non-hydrogen) atoms. The van der Waals surface area contributed by atoms with Gasteiger partial charge in [0.1, 0.15) is 0 Å². The van der Waals surface area contributed by atoms with Crippen molar-refractivity contribution in [1.82, 2.24) is 15.1 Å². The Balaban J connectivity index is 1.94. The van der Waals surface area contributed by atoms with Gasteiger partial charge in [-0.15, -0.1) is 10.2 Å². The fraction of sp³-hybridized carbons (Fsp3) is 0.786. The fourth-order valence-electron chi connectivity index (χ4n) is 2.56. The van der Waals surface area contributed by atoms with E-state index in [9.17, 15) is 4.79 Å². The number of nitrogens with zero attached hydrogens (tertiary/aromatic N) is 3. The van der Waals surface area contributed by atoms with Crippen LogP contribution >= 0.6 is 11.3 Å². The van der Waals surface area contributed by atoms with Gasteiger partial charge in [0.05, 0.1) is 0 Å². The van der Waals surface area contributed by atoms with Crippen molar-refractivity contribution in [1.29, 1.82) is 0 Å². The van der Waals surface area contributed by atoms with E-state index in [1.165, 1.54) is 24.2 Å². The first-order chi connectivity index (χ1) is 9.61. The first kappa shape index (κ1) is 15.2. The van der Waals surface area contributed by atoms with Crippen molar-refractivity contribution in [2.75, 3.05) is 18.9 Å². The molecule has 2 rings (SSSR count). The predicted molar refractivity (Wildman–Crippen MR) is 82.2 cm³/mol. The van der Waals surface area contributed by atoms with Crippen LogP contribution in [0.4, 0.5) is 5.13 Å². The van der Waals surface area contributed by atoms with Crippen LogP contribution in [0.3, 0.4) is 0 Å². The van der Waals surface area contributed by atoms with E-state index in [1.54, 1.807) is 0 Å². The molecule has 0 aromatic carbocycles. The van der Waals surface area contributed by atoms with Gasteiger partial charge in [0.25, 0.3) is 5.91 Å². The standard InChI is InChI=1S/C14H24N4OS/c1-4-9-15-14-17-16-12(20-14)13(19)18(3)11-7-5-10(2)6-8-11/h10-11H,4-9H2,1-3H3,(H,15,17). The van der Waals surface area contributed by atoms with Crippen molar-refractivity contribution in [3.63, 3.8) is 0 Å². The highest BCUT2D eigenvalue weighted by atomic mass is 32.1. The Labute approximate surface area is 124 Å². The van der Waals surface area contributed by atoms with Gasteiger partial charge in [-0.05, 0) is 38.0 Å². The maximum Gasteiger partial charge on any atom is 0.284 e. The van der Waals surface area contributed by atoms with E-state index in [4.69, 9.17) is 0 Å². The zero-order valence-corrected chi connectivity index (χ0v) is 13.4. The zero-order valence-electron chi connectivity index (χ0n) is 12.6. The predicted octanol–water partition coefficient (Wildman–Crippen LogP) is 3.01. The fourth-order valence-corrected chi connectivity index (χ4v) is 3.31. The number of hydrogen-bond donors (Lipinski definition) is 1. The van der Waals surface area contributed by atoms with Crippen molar-refractivity contribution < 1.29 is 4.79 Å². The molecule has 0 bridgehead atoms. The summed E-state index contributed by atoms with van der Waals surface area (Å²) in [5, 5.41) is 12.4. The quantitative estimate of drug-likeness (QED) is 0.907. The van der Waals surface area contributed by atoms with Crippen molar-refractivity contribution in [2.24, 2.45) is 5.92 Å². The summed E-state index contributed by atoms with van der Waals surface area (Å²) in [6.07, 6.45) is 5.65. The first-order valence-corrected chi connectivity index (χ1v) is 8.28. The Hall–Kier alpha value is -1.17. The van der Waals surface area contributed by atoms with Crippen LogP contribution in [0.5, 0.6) is 0 Å². The van der Waals surface area contributed by atoms with Crippen LogP contribution in [0.1, 0.15) is 55.8 Å². The lowest BCUT2D eigenvalue weighted by atomic mass is 9.87. The molecule has 0 radical (unpaired) electrons. The van der Waals surface area contributed by atoms with Crippen molar-refractivity contribution in [2.45, 2.75) is 52.0 Å². The molecular weight excluding hydrogens is 272 g/mol. The molecule has 0 unspecified atom stereocenters. The van der Waals surface area contributed by atoms with E-state index in [-0.39, 0.29) is 5.91 Å². The van der Waals surface area contributed by atoms with Crippen molar-refractivity contribution in [3.05, 3.63) is 5.01 Å². The number of amides is 1. The van der Waals surface area contributed by atoms with Crippen LogP contribution in [0.25, 0.3) is 0 Å². The molecule has 1 heterocycles. The van der Waals surface area contributed by atoms with E-state index in [0.717, 1.165) is 36.9 Å². The Kier molecular flexibility index (Phi) is 5.34. The lowest BCUT2D eigenvalue weighted by Gasteiger charge is -2.33. The summed E-state index contributed by atoms with van der Waals surface area (Å²) in [5.41, 5.74) is 0. The van der Waals surface area contributed by atoms with Gasteiger partial charge in [0, 0.05) is 19.6 Å². The van der Waals surface area contributed by atoms with E-state index in [2.05, 4.69) is 29.4 Å². The molecule has 1 N–H and O–H groups in total. The van der Waals surface area contributed by atoms with Crippen LogP contribution in [-0.2, 0) is 0 Å². The van der Waals surface area contributed by atoms with Gasteiger partial charge >= 0.3 is 0 Å². The number of anilines is 1. The second-order valence-corrected chi connectivity index (χ2v) is 6.65. The molecule has 0 saturated heterocycles. The van der Waals surface area contributed by atoms with Gasteiger partial charge < -0.3 is 10.2 Å². The summed E-state index contributed by atoms with van der Waals surface area (Å²) in [6, 6.07) is 0.356. The second-order valence-electron chi connectivity index (χ2n) is 5.67. The molecule has 1 aromatic heterocycles. The molecule has 1 aliphatic rings. The van der Waals surface area contributed by atoms with E-state index < -0.39 is 0 Å². The largest absolute Gasteiger partial charge is 0.360 e. The van der Waals surface area contributed by atoms with Gasteiger partial charge in [-0.1, -0.05) is 25.2 Å². The average molecular weight is 296 g/mol. The summed E-state index contributed by atoms with van der Waals surface area (Å²) >= 11 is 1.35. The summed E-state index contributed by atoms with van der Waals surface area (Å²) in [6.45, 7) is 5.24. The number of carbonyl (C=O) groups excluding carboxylic acids is 1. The molecule has 1 aliphatic carbocycles. The molecular formula is C14H24N4OS. The van der Waals surface area contributed by atoms with Gasteiger partial charge in [-0.3, -0.25) is 4.79 Å². The van der Waals surface area contributed by atoms with E-state index >= 15 is 0 Å². The monoisotopic (exact) mass is 296 g/mol. The molecule has 1 amide bonds. The Morgan fingerprint density at radius 3 is 2.70 bits per heavy atom. The third-order valence-corrected chi connectivity index (χ3v) is 4.86. The van der Waals surface area contributed by atoms with E-state index in [0.29, 0.717) is 11.0 Å². The van der Waals surface area contributed by atoms with Gasteiger partial charge in [-0.2, -0.15) is 0 Å². The number of carbonyl (C=O) groups is 1. The van der Waals surface area contributed by atoms with Crippen LogP contribution in [0.2, 0.25) is 0 Å². The van der Waals surface area contributed by atoms with E-state index in [1.807, 2.05) is 11.9 Å². The first-order valence-electron chi connectivity index (χ1n) is 7.46. The van der Waals surface area contributed by atoms with Gasteiger partial charge in [-0.25, -0.2) is 0 Å². The van der Waals surface area contributed by atoms with Crippen molar-refractivity contribution in [3.8, 4) is 0 Å². The van der Waals surface area contributed by atoms with Crippen LogP contribution in [0.15, 0.2) is 0 Å². The zero-order chi connectivity index (χ0) is 14.5. The Morgan fingerprint density at radius 1 is 1.35 bits per heavy atom. The molecule has 5 nitrogen and oxygen atoms in total. The minimum absolute atomic E-state index is 0.00611. The van der Waals surface area contributed by atoms with Gasteiger partial charge in [0.15, 0.2) is 0 Å².